The van der Waals surface area contributed by atoms with Crippen molar-refractivity contribution < 1.29 is 0 Å². The third-order valence-electron chi connectivity index (χ3n) is 2.15. The van der Waals surface area contributed by atoms with Crippen LogP contribution in [0.4, 0.5) is 11.6 Å². The van der Waals surface area contributed by atoms with Crippen LogP contribution < -0.4 is 11.5 Å². The molecule has 2 rings (SSSR count). The molecule has 4 heteroatoms. The van der Waals surface area contributed by atoms with E-state index in [2.05, 4.69) is 9.97 Å². The van der Waals surface area contributed by atoms with Gasteiger partial charge in [-0.1, -0.05) is 24.3 Å². The molecule has 0 aliphatic rings. The van der Waals surface area contributed by atoms with E-state index < -0.39 is 0 Å². The second-order valence-corrected chi connectivity index (χ2v) is 3.36. The molecule has 4 nitrogen and oxygen atoms in total. The maximum atomic E-state index is 5.62. The van der Waals surface area contributed by atoms with Crippen molar-refractivity contribution in [3.63, 3.8) is 0 Å². The Kier molecular flexibility index (Phi) is 2.25. The highest BCUT2D eigenvalue weighted by Gasteiger charge is 2.05. The quantitative estimate of drug-likeness (QED) is 0.733. The van der Waals surface area contributed by atoms with E-state index in [0.717, 1.165) is 11.1 Å². The molecular formula is C11H12N4. The summed E-state index contributed by atoms with van der Waals surface area (Å²) in [5, 5.41) is 0. The first-order valence-electron chi connectivity index (χ1n) is 4.63. The van der Waals surface area contributed by atoms with Crippen LogP contribution >= 0.6 is 0 Å². The van der Waals surface area contributed by atoms with E-state index in [1.54, 1.807) is 6.07 Å². The summed E-state index contributed by atoms with van der Waals surface area (Å²) in [6.45, 7) is 2.00. The summed E-state index contributed by atoms with van der Waals surface area (Å²) in [6.07, 6.45) is 0. The average molecular weight is 200 g/mol. The summed E-state index contributed by atoms with van der Waals surface area (Å²) in [7, 11) is 0. The Bertz CT molecular complexity index is 473. The Labute approximate surface area is 88.0 Å². The zero-order valence-corrected chi connectivity index (χ0v) is 8.44. The summed E-state index contributed by atoms with van der Waals surface area (Å²) in [6, 6.07) is 9.39. The molecule has 0 amide bonds. The fourth-order valence-electron chi connectivity index (χ4n) is 1.43. The minimum absolute atomic E-state index is 0.390. The van der Waals surface area contributed by atoms with Crippen LogP contribution in [0.5, 0.6) is 0 Å². The molecule has 4 N–H and O–H groups in total. The van der Waals surface area contributed by atoms with Crippen molar-refractivity contribution in [2.45, 2.75) is 6.92 Å². The van der Waals surface area contributed by atoms with E-state index in [1.165, 1.54) is 0 Å². The van der Waals surface area contributed by atoms with Crippen LogP contribution in [0.1, 0.15) is 5.56 Å². The second-order valence-electron chi connectivity index (χ2n) is 3.36. The van der Waals surface area contributed by atoms with E-state index in [4.69, 9.17) is 11.5 Å². The van der Waals surface area contributed by atoms with Gasteiger partial charge in [-0.05, 0) is 12.5 Å². The van der Waals surface area contributed by atoms with Gasteiger partial charge in [0.25, 0.3) is 0 Å². The molecule has 0 atom stereocenters. The summed E-state index contributed by atoms with van der Waals surface area (Å²) >= 11 is 0. The summed E-state index contributed by atoms with van der Waals surface area (Å²) in [4.78, 5) is 8.30. The van der Waals surface area contributed by atoms with E-state index in [9.17, 15) is 0 Å². The number of aromatic nitrogens is 2. The number of nitrogen functional groups attached to an aromatic ring is 2. The molecule has 15 heavy (non-hydrogen) atoms. The van der Waals surface area contributed by atoms with Gasteiger partial charge in [-0.15, -0.1) is 0 Å². The minimum atomic E-state index is 0.390. The standard InChI is InChI=1S/C11H12N4/c1-7-4-2-3-5-8(7)11-14-9(12)6-10(13)15-11/h2-6H,1H3,(H4,12,13,14,15). The molecule has 1 aromatic carbocycles. The number of hydrogen-bond acceptors (Lipinski definition) is 4. The fourth-order valence-corrected chi connectivity index (χ4v) is 1.43. The molecule has 1 heterocycles. The zero-order chi connectivity index (χ0) is 10.8. The molecule has 0 bridgehead atoms. The smallest absolute Gasteiger partial charge is 0.164 e. The third-order valence-corrected chi connectivity index (χ3v) is 2.15. The van der Waals surface area contributed by atoms with Crippen LogP contribution in [-0.2, 0) is 0 Å². The van der Waals surface area contributed by atoms with Crippen LogP contribution in [0.2, 0.25) is 0 Å². The van der Waals surface area contributed by atoms with Crippen LogP contribution in [0.15, 0.2) is 30.3 Å². The van der Waals surface area contributed by atoms with Gasteiger partial charge in [0, 0.05) is 11.6 Å². The van der Waals surface area contributed by atoms with Crippen molar-refractivity contribution in [2.75, 3.05) is 11.5 Å². The molecular weight excluding hydrogens is 188 g/mol. The Morgan fingerprint density at radius 2 is 1.60 bits per heavy atom. The van der Waals surface area contributed by atoms with Crippen molar-refractivity contribution in [3.05, 3.63) is 35.9 Å². The molecule has 0 radical (unpaired) electrons. The Morgan fingerprint density at radius 3 is 2.20 bits per heavy atom. The maximum absolute atomic E-state index is 5.62. The van der Waals surface area contributed by atoms with Gasteiger partial charge in [-0.3, -0.25) is 0 Å². The largest absolute Gasteiger partial charge is 0.384 e. The molecule has 0 aliphatic carbocycles. The van der Waals surface area contributed by atoms with Crippen LogP contribution in [-0.4, -0.2) is 9.97 Å². The summed E-state index contributed by atoms with van der Waals surface area (Å²) in [5.41, 5.74) is 13.3. The highest BCUT2D eigenvalue weighted by molar-refractivity contribution is 5.62. The maximum Gasteiger partial charge on any atom is 0.164 e. The van der Waals surface area contributed by atoms with Crippen LogP contribution in [0.25, 0.3) is 11.4 Å². The molecule has 1 aromatic heterocycles. The van der Waals surface area contributed by atoms with E-state index in [0.29, 0.717) is 17.5 Å². The van der Waals surface area contributed by atoms with Gasteiger partial charge >= 0.3 is 0 Å². The Morgan fingerprint density at radius 1 is 1.00 bits per heavy atom. The highest BCUT2D eigenvalue weighted by atomic mass is 15.0. The van der Waals surface area contributed by atoms with Gasteiger partial charge in [0.05, 0.1) is 0 Å². The lowest BCUT2D eigenvalue weighted by molar-refractivity contribution is 1.18. The fraction of sp³-hybridized carbons (Fsp3) is 0.0909. The molecule has 2 aromatic rings. The Hall–Kier alpha value is -2.10. The number of benzene rings is 1. The first kappa shape index (κ1) is 9.45. The number of nitrogens with two attached hydrogens (primary N) is 2. The summed E-state index contributed by atoms with van der Waals surface area (Å²) in [5.74, 6) is 1.35. The van der Waals surface area contributed by atoms with Gasteiger partial charge in [-0.25, -0.2) is 9.97 Å². The monoisotopic (exact) mass is 200 g/mol. The van der Waals surface area contributed by atoms with Gasteiger partial charge in [0.15, 0.2) is 5.82 Å². The molecule has 0 spiro atoms. The predicted molar refractivity (Wildman–Crippen MR) is 61.0 cm³/mol. The van der Waals surface area contributed by atoms with E-state index in [1.807, 2.05) is 31.2 Å². The van der Waals surface area contributed by atoms with E-state index >= 15 is 0 Å². The predicted octanol–water partition coefficient (Wildman–Crippen LogP) is 1.62. The van der Waals surface area contributed by atoms with Crippen molar-refractivity contribution in [1.29, 1.82) is 0 Å². The third kappa shape index (κ3) is 1.88. The number of aryl methyl sites for hydroxylation is 1. The van der Waals surface area contributed by atoms with Crippen LogP contribution in [0, 0.1) is 6.92 Å². The lowest BCUT2D eigenvalue weighted by atomic mass is 10.1. The number of nitrogens with zero attached hydrogens (tertiary/aromatic N) is 2. The van der Waals surface area contributed by atoms with Gasteiger partial charge in [0.2, 0.25) is 0 Å². The number of anilines is 2. The molecule has 0 unspecified atom stereocenters. The molecule has 0 fully saturated rings. The van der Waals surface area contributed by atoms with Crippen LogP contribution in [0.3, 0.4) is 0 Å². The molecule has 0 aliphatic heterocycles. The number of rotatable bonds is 1. The SMILES string of the molecule is Cc1ccccc1-c1nc(N)cc(N)n1. The first-order chi connectivity index (χ1) is 7.16. The van der Waals surface area contributed by atoms with Gasteiger partial charge < -0.3 is 11.5 Å². The van der Waals surface area contributed by atoms with Crippen molar-refractivity contribution in [1.82, 2.24) is 9.97 Å². The van der Waals surface area contributed by atoms with Crippen molar-refractivity contribution >= 4 is 11.6 Å². The lowest BCUT2D eigenvalue weighted by Gasteiger charge is -2.05. The molecule has 0 saturated heterocycles. The number of hydrogen-bond donors (Lipinski definition) is 2. The normalized spacial score (nSPS) is 10.2. The van der Waals surface area contributed by atoms with E-state index in [-0.39, 0.29) is 0 Å². The Balaban J connectivity index is 2.59. The van der Waals surface area contributed by atoms with Gasteiger partial charge in [0.1, 0.15) is 11.6 Å². The highest BCUT2D eigenvalue weighted by Crippen LogP contribution is 2.20. The average Bonchev–Trinajstić information content (AvgIpc) is 2.16. The lowest BCUT2D eigenvalue weighted by Crippen LogP contribution is -2.00. The summed E-state index contributed by atoms with van der Waals surface area (Å²) < 4.78 is 0. The topological polar surface area (TPSA) is 77.8 Å². The zero-order valence-electron chi connectivity index (χ0n) is 8.44. The van der Waals surface area contributed by atoms with Crippen molar-refractivity contribution in [2.24, 2.45) is 0 Å². The minimum Gasteiger partial charge on any atom is -0.384 e. The molecule has 76 valence electrons. The second kappa shape index (κ2) is 3.57. The van der Waals surface area contributed by atoms with Crippen molar-refractivity contribution in [3.8, 4) is 11.4 Å². The molecule has 0 saturated carbocycles. The van der Waals surface area contributed by atoms with Gasteiger partial charge in [-0.2, -0.15) is 0 Å². The first-order valence-corrected chi connectivity index (χ1v) is 4.63.